The molecule has 76 valence electrons. The molecule has 1 heterocycles. The van der Waals surface area contributed by atoms with Crippen molar-refractivity contribution in [2.45, 2.75) is 37.5 Å². The van der Waals surface area contributed by atoms with Crippen LogP contribution in [0, 0.1) is 0 Å². The Kier molecular flexibility index (Phi) is 3.66. The fourth-order valence-electron chi connectivity index (χ4n) is 1.89. The number of aryl methyl sites for hydroxylation is 1. The van der Waals surface area contributed by atoms with Gasteiger partial charge in [-0.25, -0.2) is 0 Å². The molecule has 1 aromatic heterocycles. The maximum absolute atomic E-state index is 6.10. The van der Waals surface area contributed by atoms with E-state index in [4.69, 9.17) is 11.6 Å². The van der Waals surface area contributed by atoms with Crippen molar-refractivity contribution in [3.63, 3.8) is 0 Å². The van der Waals surface area contributed by atoms with Crippen molar-refractivity contribution < 1.29 is 0 Å². The monoisotopic (exact) mass is 226 g/mol. The molecule has 1 aromatic rings. The number of halogens is 1. The Hall–Kier alpha value is -0.270. The predicted octanol–water partition coefficient (Wildman–Crippen LogP) is 4.40. The first-order valence-electron chi connectivity index (χ1n) is 5.19. The average molecular weight is 227 g/mol. The predicted molar refractivity (Wildman–Crippen MR) is 64.2 cm³/mol. The molecule has 0 fully saturated rings. The summed E-state index contributed by atoms with van der Waals surface area (Å²) < 4.78 is 0. The molecule has 0 amide bonds. The van der Waals surface area contributed by atoms with Gasteiger partial charge in [-0.15, -0.1) is 11.6 Å². The zero-order valence-electron chi connectivity index (χ0n) is 8.21. The van der Waals surface area contributed by atoms with Crippen molar-refractivity contribution in [2.24, 2.45) is 0 Å². The summed E-state index contributed by atoms with van der Waals surface area (Å²) >= 11 is 7.88. The third-order valence-electron chi connectivity index (χ3n) is 2.71. The van der Waals surface area contributed by atoms with Gasteiger partial charge in [0, 0.05) is 0 Å². The van der Waals surface area contributed by atoms with Crippen molar-refractivity contribution in [2.75, 3.05) is 0 Å². The van der Waals surface area contributed by atoms with Crippen LogP contribution in [-0.4, -0.2) is 5.38 Å². The van der Waals surface area contributed by atoms with Gasteiger partial charge in [-0.3, -0.25) is 0 Å². The van der Waals surface area contributed by atoms with E-state index < -0.39 is 0 Å². The second kappa shape index (κ2) is 4.99. The number of rotatable bonds is 3. The van der Waals surface area contributed by atoms with Crippen molar-refractivity contribution in [3.8, 4) is 0 Å². The van der Waals surface area contributed by atoms with Crippen LogP contribution in [0.1, 0.15) is 31.2 Å². The highest BCUT2D eigenvalue weighted by atomic mass is 35.5. The molecule has 1 unspecified atom stereocenters. The molecule has 0 spiro atoms. The lowest BCUT2D eigenvalue weighted by atomic mass is 9.95. The first kappa shape index (κ1) is 10.3. The lowest BCUT2D eigenvalue weighted by Crippen LogP contribution is -2.03. The maximum Gasteiger partial charge on any atom is 0.0518 e. The van der Waals surface area contributed by atoms with E-state index in [1.165, 1.54) is 31.2 Å². The minimum absolute atomic E-state index is 0.293. The third-order valence-corrected chi connectivity index (χ3v) is 3.79. The van der Waals surface area contributed by atoms with Gasteiger partial charge in [-0.2, -0.15) is 11.3 Å². The van der Waals surface area contributed by atoms with E-state index in [1.54, 1.807) is 16.9 Å². The van der Waals surface area contributed by atoms with Crippen molar-refractivity contribution in [1.29, 1.82) is 0 Å². The second-order valence-electron chi connectivity index (χ2n) is 3.86. The lowest BCUT2D eigenvalue weighted by Gasteiger charge is -2.16. The van der Waals surface area contributed by atoms with Crippen LogP contribution in [0.4, 0.5) is 0 Å². The average Bonchev–Trinajstić information content (AvgIpc) is 2.67. The van der Waals surface area contributed by atoms with E-state index in [9.17, 15) is 0 Å². The molecule has 0 N–H and O–H groups in total. The normalized spacial score (nSPS) is 22.1. The Morgan fingerprint density at radius 1 is 1.43 bits per heavy atom. The molecule has 0 nitrogen and oxygen atoms in total. The van der Waals surface area contributed by atoms with E-state index in [0.717, 1.165) is 6.42 Å². The number of alkyl halides is 1. The molecule has 2 heteroatoms. The summed E-state index contributed by atoms with van der Waals surface area (Å²) in [6, 6.07) is 2.21. The number of hydrogen-bond donors (Lipinski definition) is 0. The van der Waals surface area contributed by atoms with E-state index in [2.05, 4.69) is 22.9 Å². The molecule has 0 radical (unpaired) electrons. The van der Waals surface area contributed by atoms with Crippen molar-refractivity contribution in [3.05, 3.63) is 34.0 Å². The van der Waals surface area contributed by atoms with Crippen molar-refractivity contribution in [1.82, 2.24) is 0 Å². The molecule has 0 aliphatic heterocycles. The molecule has 2 rings (SSSR count). The maximum atomic E-state index is 6.10. The van der Waals surface area contributed by atoms with Crippen LogP contribution in [0.5, 0.6) is 0 Å². The molecular weight excluding hydrogens is 212 g/mol. The summed E-state index contributed by atoms with van der Waals surface area (Å²) in [5, 5.41) is 4.68. The summed E-state index contributed by atoms with van der Waals surface area (Å²) in [6.07, 6.45) is 8.32. The number of allylic oxidation sites excluding steroid dienone is 2. The largest absolute Gasteiger partial charge is 0.152 e. The summed E-state index contributed by atoms with van der Waals surface area (Å²) in [7, 11) is 0. The highest BCUT2D eigenvalue weighted by Crippen LogP contribution is 2.25. The van der Waals surface area contributed by atoms with Gasteiger partial charge in [-0.1, -0.05) is 11.6 Å². The van der Waals surface area contributed by atoms with Crippen LogP contribution in [0.25, 0.3) is 0 Å². The fraction of sp³-hybridized carbons (Fsp3) is 0.500. The highest BCUT2D eigenvalue weighted by Gasteiger charge is 2.10. The molecule has 1 aliphatic carbocycles. The van der Waals surface area contributed by atoms with Crippen LogP contribution in [0.2, 0.25) is 0 Å². The Balaban J connectivity index is 1.86. The number of thiophene rings is 1. The first-order chi connectivity index (χ1) is 6.84. The Morgan fingerprint density at radius 3 is 3.07 bits per heavy atom. The van der Waals surface area contributed by atoms with Gasteiger partial charge in [0.2, 0.25) is 0 Å². The van der Waals surface area contributed by atoms with Crippen LogP contribution in [0.3, 0.4) is 0 Å². The quantitative estimate of drug-likeness (QED) is 0.530. The Bertz CT molecular complexity index is 300. The lowest BCUT2D eigenvalue weighted by molar-refractivity contribution is 0.678. The molecular formula is C12H15ClS. The van der Waals surface area contributed by atoms with E-state index in [0.29, 0.717) is 5.38 Å². The van der Waals surface area contributed by atoms with Crippen LogP contribution in [0.15, 0.2) is 28.5 Å². The minimum Gasteiger partial charge on any atom is -0.152 e. The summed E-state index contributed by atoms with van der Waals surface area (Å²) in [5.41, 5.74) is 3.02. The first-order valence-corrected chi connectivity index (χ1v) is 6.57. The summed E-state index contributed by atoms with van der Waals surface area (Å²) in [4.78, 5) is 0. The molecule has 0 saturated heterocycles. The molecule has 0 aromatic carbocycles. The summed E-state index contributed by atoms with van der Waals surface area (Å²) in [6.45, 7) is 0. The molecule has 0 bridgehead atoms. The van der Waals surface area contributed by atoms with Gasteiger partial charge in [-0.05, 0) is 54.5 Å². The minimum atomic E-state index is 0.293. The van der Waals surface area contributed by atoms with Crippen molar-refractivity contribution >= 4 is 22.9 Å². The second-order valence-corrected chi connectivity index (χ2v) is 5.21. The van der Waals surface area contributed by atoms with E-state index in [-0.39, 0.29) is 0 Å². The van der Waals surface area contributed by atoms with Gasteiger partial charge in [0.1, 0.15) is 0 Å². The standard InChI is InChI=1S/C12H15ClS/c13-12-3-1-2-10(8-12)4-5-11-6-7-14-9-11/h6-9,12H,1-5H2. The topological polar surface area (TPSA) is 0 Å². The van der Waals surface area contributed by atoms with Crippen LogP contribution < -0.4 is 0 Å². The van der Waals surface area contributed by atoms with Gasteiger partial charge >= 0.3 is 0 Å². The van der Waals surface area contributed by atoms with Crippen LogP contribution in [-0.2, 0) is 6.42 Å². The van der Waals surface area contributed by atoms with E-state index >= 15 is 0 Å². The van der Waals surface area contributed by atoms with Crippen LogP contribution >= 0.6 is 22.9 Å². The van der Waals surface area contributed by atoms with Gasteiger partial charge in [0.15, 0.2) is 0 Å². The van der Waals surface area contributed by atoms with E-state index in [1.807, 2.05) is 0 Å². The van der Waals surface area contributed by atoms with Gasteiger partial charge in [0.25, 0.3) is 0 Å². The smallest absolute Gasteiger partial charge is 0.0518 e. The molecule has 14 heavy (non-hydrogen) atoms. The molecule has 0 saturated carbocycles. The Morgan fingerprint density at radius 2 is 2.36 bits per heavy atom. The van der Waals surface area contributed by atoms with Gasteiger partial charge in [0.05, 0.1) is 5.38 Å². The number of hydrogen-bond acceptors (Lipinski definition) is 1. The SMILES string of the molecule is ClC1C=C(CCc2ccsc2)CCC1. The Labute approximate surface area is 94.6 Å². The third kappa shape index (κ3) is 2.86. The zero-order valence-corrected chi connectivity index (χ0v) is 9.78. The zero-order chi connectivity index (χ0) is 9.80. The summed E-state index contributed by atoms with van der Waals surface area (Å²) in [5.74, 6) is 0. The highest BCUT2D eigenvalue weighted by molar-refractivity contribution is 7.07. The fourth-order valence-corrected chi connectivity index (χ4v) is 2.93. The molecule has 1 atom stereocenters. The van der Waals surface area contributed by atoms with Gasteiger partial charge < -0.3 is 0 Å². The molecule has 1 aliphatic rings.